The fourth-order valence-electron chi connectivity index (χ4n) is 7.52. The number of carbonyl (C=O) groups excluding carboxylic acids is 4. The van der Waals surface area contributed by atoms with E-state index in [-0.39, 0.29) is 32.5 Å². The van der Waals surface area contributed by atoms with E-state index in [4.69, 9.17) is 4.74 Å². The van der Waals surface area contributed by atoms with Gasteiger partial charge in [0.05, 0.1) is 29.5 Å². The summed E-state index contributed by atoms with van der Waals surface area (Å²) in [5.41, 5.74) is 0.596. The number of fused-ring (bicyclic) bond motifs is 3. The second kappa shape index (κ2) is 14.1. The van der Waals surface area contributed by atoms with E-state index in [1.165, 1.54) is 15.9 Å². The number of anilines is 1. The number of benzene rings is 2. The van der Waals surface area contributed by atoms with Gasteiger partial charge in [0.25, 0.3) is 5.91 Å². The number of amides is 4. The predicted molar refractivity (Wildman–Crippen MR) is 191 cm³/mol. The lowest BCUT2D eigenvalue weighted by atomic mass is 10.0. The molecule has 53 heavy (non-hydrogen) atoms. The summed E-state index contributed by atoms with van der Waals surface area (Å²) in [6.07, 6.45) is 6.57. The van der Waals surface area contributed by atoms with Crippen molar-refractivity contribution in [2.45, 2.75) is 106 Å². The first kappa shape index (κ1) is 36.4. The lowest BCUT2D eigenvalue weighted by molar-refractivity contribution is -0.140. The molecular weight excluding hydrogens is 704 g/mol. The molecule has 0 spiro atoms. The molecule has 1 saturated heterocycles. The number of sulfonamides is 1. The third-order valence-corrected chi connectivity index (χ3v) is 13.4. The molecule has 2 saturated carbocycles. The van der Waals surface area contributed by atoms with Gasteiger partial charge in [0.15, 0.2) is 0 Å². The third-order valence-electron chi connectivity index (χ3n) is 11.3. The highest BCUT2D eigenvalue weighted by Gasteiger charge is 2.63. The summed E-state index contributed by atoms with van der Waals surface area (Å²) in [4.78, 5) is 58.7. The molecular formula is C38H43FN6O7S. The van der Waals surface area contributed by atoms with Crippen LogP contribution >= 0.6 is 0 Å². The van der Waals surface area contributed by atoms with Crippen molar-refractivity contribution in [3.05, 3.63) is 77.1 Å². The summed E-state index contributed by atoms with van der Waals surface area (Å²) in [6, 6.07) is 11.5. The van der Waals surface area contributed by atoms with Gasteiger partial charge in [-0.2, -0.15) is 5.26 Å². The quantitative estimate of drug-likeness (QED) is 0.369. The molecule has 4 amide bonds. The molecule has 0 bridgehead atoms. The van der Waals surface area contributed by atoms with Crippen LogP contribution in [-0.4, -0.2) is 77.1 Å². The third kappa shape index (κ3) is 7.33. The maximum absolute atomic E-state index is 14.5. The van der Waals surface area contributed by atoms with E-state index in [1.807, 2.05) is 12.2 Å². The molecule has 280 valence electrons. The number of nitrogens with one attached hydrogen (secondary N) is 3. The van der Waals surface area contributed by atoms with Crippen LogP contribution in [0.4, 0.5) is 14.9 Å². The zero-order valence-corrected chi connectivity index (χ0v) is 30.3. The van der Waals surface area contributed by atoms with Crippen molar-refractivity contribution >= 4 is 39.5 Å². The Balaban J connectivity index is 1.15. The van der Waals surface area contributed by atoms with Crippen molar-refractivity contribution in [2.24, 2.45) is 5.92 Å². The first-order valence-electron chi connectivity index (χ1n) is 18.2. The van der Waals surface area contributed by atoms with Crippen LogP contribution in [0, 0.1) is 23.1 Å². The molecule has 2 aliphatic carbocycles. The van der Waals surface area contributed by atoms with E-state index >= 15 is 0 Å². The molecule has 2 aromatic carbocycles. The molecule has 3 fully saturated rings. The maximum Gasteiger partial charge on any atom is 0.410 e. The maximum atomic E-state index is 14.5. The van der Waals surface area contributed by atoms with E-state index < -0.39 is 74.0 Å². The minimum atomic E-state index is -4.00. The number of nitriles is 1. The Morgan fingerprint density at radius 1 is 1.08 bits per heavy atom. The molecule has 0 unspecified atom stereocenters. The zero-order valence-electron chi connectivity index (χ0n) is 29.5. The lowest BCUT2D eigenvalue weighted by Crippen LogP contribution is -2.58. The minimum absolute atomic E-state index is 0.0190. The first-order valence-corrected chi connectivity index (χ1v) is 19.7. The van der Waals surface area contributed by atoms with Gasteiger partial charge in [-0.1, -0.05) is 37.1 Å². The van der Waals surface area contributed by atoms with Crippen LogP contribution < -0.4 is 15.4 Å². The van der Waals surface area contributed by atoms with Crippen LogP contribution in [0.1, 0.15) is 81.4 Å². The fourth-order valence-corrected chi connectivity index (χ4v) is 8.83. The van der Waals surface area contributed by atoms with Crippen LogP contribution in [0.2, 0.25) is 0 Å². The number of hydrogen-bond donors (Lipinski definition) is 3. The van der Waals surface area contributed by atoms with Crippen molar-refractivity contribution in [3.8, 4) is 6.07 Å². The molecule has 3 N–H and O–H groups in total. The average Bonchev–Trinajstić information content (AvgIpc) is 3.92. The van der Waals surface area contributed by atoms with Gasteiger partial charge in [0.1, 0.15) is 29.5 Å². The first-order chi connectivity index (χ1) is 25.3. The predicted octanol–water partition coefficient (Wildman–Crippen LogP) is 3.99. The summed E-state index contributed by atoms with van der Waals surface area (Å²) in [5, 5.41) is 15.4. The Morgan fingerprint density at radius 3 is 2.57 bits per heavy atom. The largest absolute Gasteiger partial charge is 0.444 e. The van der Waals surface area contributed by atoms with Gasteiger partial charge in [-0.25, -0.2) is 17.6 Å². The summed E-state index contributed by atoms with van der Waals surface area (Å²) in [6.45, 7) is 1.63. The van der Waals surface area contributed by atoms with Gasteiger partial charge in [-0.15, -0.1) is 0 Å². The highest BCUT2D eigenvalue weighted by Crippen LogP contribution is 2.47. The molecule has 7 rings (SSSR count). The highest BCUT2D eigenvalue weighted by molar-refractivity contribution is 7.91. The van der Waals surface area contributed by atoms with Gasteiger partial charge >= 0.3 is 6.09 Å². The molecule has 3 heterocycles. The van der Waals surface area contributed by atoms with Crippen LogP contribution in [-0.2, 0) is 42.2 Å². The highest BCUT2D eigenvalue weighted by atomic mass is 32.2. The molecule has 13 nitrogen and oxygen atoms in total. The Bertz CT molecular complexity index is 2000. The van der Waals surface area contributed by atoms with Crippen LogP contribution in [0.3, 0.4) is 0 Å². The lowest BCUT2D eigenvalue weighted by Gasteiger charge is -2.30. The Kier molecular flexibility index (Phi) is 9.69. The number of ether oxygens (including phenoxy) is 1. The number of halogens is 1. The van der Waals surface area contributed by atoms with E-state index in [0.29, 0.717) is 54.5 Å². The second-order valence-corrected chi connectivity index (χ2v) is 17.3. The number of rotatable bonds is 6. The summed E-state index contributed by atoms with van der Waals surface area (Å²) >= 11 is 0. The molecule has 3 aliphatic heterocycles. The van der Waals surface area contributed by atoms with E-state index in [1.54, 1.807) is 43.3 Å². The van der Waals surface area contributed by atoms with Crippen LogP contribution in [0.15, 0.2) is 54.6 Å². The molecule has 2 aromatic rings. The zero-order chi connectivity index (χ0) is 37.5. The van der Waals surface area contributed by atoms with Crippen LogP contribution in [0.5, 0.6) is 0 Å². The van der Waals surface area contributed by atoms with E-state index in [2.05, 4.69) is 21.4 Å². The number of allylic oxidation sites excluding steroid dienone is 1. The number of carbonyl (C=O) groups is 4. The monoisotopic (exact) mass is 746 g/mol. The Morgan fingerprint density at radius 2 is 1.85 bits per heavy atom. The van der Waals surface area contributed by atoms with Gasteiger partial charge in [-0.05, 0) is 81.3 Å². The standard InChI is InChI=1S/C38H43FN6O7S/c1-37(16-17-37)53(50,51)43-35(48)38-19-26(38)9-5-3-2-4-6-11-31(41-27-14-12-24(20-40)13-15-27)34(47)45-22-28(18-32(45)33(46)42-38)52-36(49)44-21-25-8-7-10-30(39)29(25)23-44/h5,7-10,12-15,26,28,31-32,41H,2-4,6,11,16-19,21-23H2,1H3,(H,42,46)(H,43,48)/b9-5-/t26-,28-,31+,32+,38-/m1/s1. The second-order valence-electron chi connectivity index (χ2n) is 15.1. The average molecular weight is 747 g/mol. The van der Waals surface area contributed by atoms with E-state index in [0.717, 1.165) is 12.8 Å². The summed E-state index contributed by atoms with van der Waals surface area (Å²) in [5.74, 6) is -2.77. The van der Waals surface area contributed by atoms with Crippen LogP contribution in [0.25, 0.3) is 0 Å². The van der Waals surface area contributed by atoms with Gasteiger partial charge in [0.2, 0.25) is 21.8 Å². The minimum Gasteiger partial charge on any atom is -0.444 e. The van der Waals surface area contributed by atoms with Crippen molar-refractivity contribution in [2.75, 3.05) is 11.9 Å². The smallest absolute Gasteiger partial charge is 0.410 e. The fraction of sp³-hybridized carbons (Fsp3) is 0.500. The normalized spacial score (nSPS) is 28.5. The summed E-state index contributed by atoms with van der Waals surface area (Å²) in [7, 11) is -4.00. The summed E-state index contributed by atoms with van der Waals surface area (Å²) < 4.78 is 47.7. The van der Waals surface area contributed by atoms with Crippen molar-refractivity contribution < 1.29 is 36.7 Å². The molecule has 0 aromatic heterocycles. The van der Waals surface area contributed by atoms with Gasteiger partial charge in [-0.3, -0.25) is 24.0 Å². The van der Waals surface area contributed by atoms with Crippen molar-refractivity contribution in [1.29, 1.82) is 5.26 Å². The molecule has 5 atom stereocenters. The molecule has 15 heteroatoms. The van der Waals surface area contributed by atoms with E-state index in [9.17, 15) is 37.2 Å². The number of nitrogens with zero attached hydrogens (tertiary/aromatic N) is 3. The van der Waals surface area contributed by atoms with Gasteiger partial charge in [0, 0.05) is 30.1 Å². The SMILES string of the molecule is CC1(S(=O)(=O)NC(=O)[C@@]23C[C@H]2/C=C\CCCCC[C@H](Nc2ccc(C#N)cc2)C(=O)N2C[C@H](OC(=O)N4Cc5cccc(F)c5C4)C[C@H]2C(=O)N3)CC1. The molecule has 5 aliphatic rings. The number of hydrogen-bond acceptors (Lipinski definition) is 9. The topological polar surface area (TPSA) is 178 Å². The van der Waals surface area contributed by atoms with Gasteiger partial charge < -0.3 is 20.3 Å². The Hall–Kier alpha value is -4.97. The van der Waals surface area contributed by atoms with Crippen molar-refractivity contribution in [3.63, 3.8) is 0 Å². The Labute approximate surface area is 308 Å². The molecule has 0 radical (unpaired) electrons. The van der Waals surface area contributed by atoms with Crippen molar-refractivity contribution in [1.82, 2.24) is 19.8 Å².